The molecule has 138 valence electrons. The van der Waals surface area contributed by atoms with Crippen LogP contribution < -0.4 is 15.4 Å². The number of rotatable bonds is 7. The first kappa shape index (κ1) is 22.7. The molecule has 0 aliphatic carbocycles. The summed E-state index contributed by atoms with van der Waals surface area (Å²) in [5, 5.41) is 6.35. The first-order valence-electron chi connectivity index (χ1n) is 7.57. The molecular weight excluding hydrogens is 436 g/mol. The van der Waals surface area contributed by atoms with Gasteiger partial charge in [0.2, 0.25) is 5.88 Å². The zero-order valence-corrected chi connectivity index (χ0v) is 16.3. The van der Waals surface area contributed by atoms with E-state index in [9.17, 15) is 13.2 Å². The zero-order valence-electron chi connectivity index (χ0n) is 14.0. The molecule has 0 aromatic carbocycles. The van der Waals surface area contributed by atoms with Crippen LogP contribution in [0.25, 0.3) is 0 Å². The topological polar surface area (TPSA) is 58.5 Å². The van der Waals surface area contributed by atoms with Gasteiger partial charge in [0.1, 0.15) is 6.61 Å². The molecule has 0 aliphatic rings. The average molecular weight is 460 g/mol. The van der Waals surface area contributed by atoms with Crippen LogP contribution in [0.2, 0.25) is 0 Å². The Hall–Kier alpha value is -1.26. The summed E-state index contributed by atoms with van der Waals surface area (Å²) >= 11 is 0. The van der Waals surface area contributed by atoms with Crippen LogP contribution in [0.15, 0.2) is 23.3 Å². The summed E-state index contributed by atoms with van der Waals surface area (Å²) in [4.78, 5) is 7.97. The minimum atomic E-state index is -4.39. The Morgan fingerprint density at radius 3 is 2.54 bits per heavy atom. The molecule has 0 saturated heterocycles. The van der Waals surface area contributed by atoms with Gasteiger partial charge in [-0.3, -0.25) is 0 Å². The second kappa shape index (κ2) is 11.3. The molecule has 1 heterocycles. The highest BCUT2D eigenvalue weighted by Crippen LogP contribution is 2.29. The van der Waals surface area contributed by atoms with E-state index in [0.717, 1.165) is 25.2 Å². The molecule has 1 atom stereocenters. The first-order chi connectivity index (χ1) is 10.9. The van der Waals surface area contributed by atoms with Crippen molar-refractivity contribution in [2.24, 2.45) is 4.99 Å². The van der Waals surface area contributed by atoms with E-state index in [1.807, 2.05) is 6.92 Å². The number of aliphatic imine (C=N–C) groups is 1. The van der Waals surface area contributed by atoms with Crippen molar-refractivity contribution in [3.63, 3.8) is 0 Å². The third-order valence-corrected chi connectivity index (χ3v) is 3.01. The second-order valence-corrected chi connectivity index (χ2v) is 4.95. The summed E-state index contributed by atoms with van der Waals surface area (Å²) < 4.78 is 42.5. The van der Waals surface area contributed by atoms with Crippen LogP contribution >= 0.6 is 24.0 Å². The number of hydrogen-bond acceptors (Lipinski definition) is 3. The molecule has 1 unspecified atom stereocenters. The van der Waals surface area contributed by atoms with Gasteiger partial charge in [-0.05, 0) is 26.3 Å². The normalized spacial score (nSPS) is 13.0. The molecular formula is C15H24F3IN4O. The lowest BCUT2D eigenvalue weighted by Crippen LogP contribution is -2.42. The molecule has 5 nitrogen and oxygen atoms in total. The van der Waals surface area contributed by atoms with Crippen molar-refractivity contribution in [1.29, 1.82) is 0 Å². The van der Waals surface area contributed by atoms with Gasteiger partial charge in [0, 0.05) is 24.8 Å². The van der Waals surface area contributed by atoms with E-state index in [1.54, 1.807) is 0 Å². The lowest BCUT2D eigenvalue weighted by Gasteiger charge is -2.16. The molecule has 24 heavy (non-hydrogen) atoms. The fourth-order valence-electron chi connectivity index (χ4n) is 1.60. The quantitative estimate of drug-likeness (QED) is 0.283. The predicted molar refractivity (Wildman–Crippen MR) is 99.0 cm³/mol. The second-order valence-electron chi connectivity index (χ2n) is 4.95. The van der Waals surface area contributed by atoms with E-state index >= 15 is 0 Å². The molecule has 2 N–H and O–H groups in total. The summed E-state index contributed by atoms with van der Waals surface area (Å²) in [6, 6.07) is 2.44. The van der Waals surface area contributed by atoms with Gasteiger partial charge in [-0.25, -0.2) is 9.98 Å². The molecule has 1 aromatic rings. The van der Waals surface area contributed by atoms with Crippen molar-refractivity contribution >= 4 is 29.9 Å². The number of guanidine groups is 1. The van der Waals surface area contributed by atoms with Crippen molar-refractivity contribution in [3.8, 4) is 5.88 Å². The highest BCUT2D eigenvalue weighted by molar-refractivity contribution is 14.0. The number of nitrogens with zero attached hydrogens (tertiary/aromatic N) is 2. The first-order valence-corrected chi connectivity index (χ1v) is 7.57. The monoisotopic (exact) mass is 460 g/mol. The van der Waals surface area contributed by atoms with E-state index in [-0.39, 0.29) is 36.5 Å². The van der Waals surface area contributed by atoms with Crippen molar-refractivity contribution in [3.05, 3.63) is 23.9 Å². The van der Waals surface area contributed by atoms with Crippen molar-refractivity contribution in [1.82, 2.24) is 15.6 Å². The minimum Gasteiger partial charge on any atom is -0.476 e. The van der Waals surface area contributed by atoms with E-state index in [2.05, 4.69) is 34.5 Å². The number of alkyl halides is 3. The third kappa shape index (κ3) is 8.55. The molecule has 0 spiro atoms. The van der Waals surface area contributed by atoms with Crippen LogP contribution in [0.4, 0.5) is 13.2 Å². The standard InChI is InChI=1S/C15H23F3N4O.HI/c1-4-11(3)22-14(19-5-2)20-8-9-23-13-7-6-12(10-21-13)15(16,17)18;/h6-7,10-11H,4-5,8-9H2,1-3H3,(H2,19,20,22);1H. The largest absolute Gasteiger partial charge is 0.476 e. The van der Waals surface area contributed by atoms with Crippen LogP contribution in [-0.2, 0) is 6.18 Å². The van der Waals surface area contributed by atoms with Gasteiger partial charge in [0.25, 0.3) is 0 Å². The fraction of sp³-hybridized carbons (Fsp3) is 0.600. The Kier molecular flexibility index (Phi) is 10.7. The van der Waals surface area contributed by atoms with Crippen LogP contribution in [0.1, 0.15) is 32.8 Å². The van der Waals surface area contributed by atoms with Gasteiger partial charge in [-0.15, -0.1) is 24.0 Å². The molecule has 1 rings (SSSR count). The van der Waals surface area contributed by atoms with E-state index < -0.39 is 11.7 Å². The van der Waals surface area contributed by atoms with Gasteiger partial charge in [-0.1, -0.05) is 6.92 Å². The fourth-order valence-corrected chi connectivity index (χ4v) is 1.60. The Morgan fingerprint density at radius 1 is 1.33 bits per heavy atom. The number of aromatic nitrogens is 1. The lowest BCUT2D eigenvalue weighted by molar-refractivity contribution is -0.137. The molecule has 0 amide bonds. The van der Waals surface area contributed by atoms with E-state index in [0.29, 0.717) is 18.5 Å². The van der Waals surface area contributed by atoms with Gasteiger partial charge in [0.05, 0.1) is 12.1 Å². The molecule has 1 aromatic heterocycles. The maximum absolute atomic E-state index is 12.4. The van der Waals surface area contributed by atoms with Crippen LogP contribution in [0, 0.1) is 0 Å². The number of halogens is 4. The van der Waals surface area contributed by atoms with Gasteiger partial charge in [-0.2, -0.15) is 13.2 Å². The zero-order chi connectivity index (χ0) is 17.3. The number of hydrogen-bond donors (Lipinski definition) is 2. The summed E-state index contributed by atoms with van der Waals surface area (Å²) in [6.45, 7) is 7.43. The average Bonchev–Trinajstić information content (AvgIpc) is 2.51. The predicted octanol–water partition coefficient (Wildman–Crippen LogP) is 3.45. The molecule has 0 saturated carbocycles. The highest BCUT2D eigenvalue weighted by Gasteiger charge is 2.30. The van der Waals surface area contributed by atoms with E-state index in [1.165, 1.54) is 6.07 Å². The van der Waals surface area contributed by atoms with Crippen LogP contribution in [0.5, 0.6) is 5.88 Å². The minimum absolute atomic E-state index is 0. The molecule has 0 aliphatic heterocycles. The number of pyridine rings is 1. The molecule has 0 radical (unpaired) electrons. The van der Waals surface area contributed by atoms with Crippen molar-refractivity contribution in [2.75, 3.05) is 19.7 Å². The van der Waals surface area contributed by atoms with Crippen LogP contribution in [0.3, 0.4) is 0 Å². The maximum atomic E-state index is 12.4. The lowest BCUT2D eigenvalue weighted by atomic mass is 10.3. The van der Waals surface area contributed by atoms with Crippen molar-refractivity contribution < 1.29 is 17.9 Å². The van der Waals surface area contributed by atoms with Gasteiger partial charge < -0.3 is 15.4 Å². The Labute approximate surface area is 157 Å². The summed E-state index contributed by atoms with van der Waals surface area (Å²) in [6.07, 6.45) is -2.66. The molecule has 9 heteroatoms. The summed E-state index contributed by atoms with van der Waals surface area (Å²) in [7, 11) is 0. The van der Waals surface area contributed by atoms with Crippen LogP contribution in [-0.4, -0.2) is 36.7 Å². The van der Waals surface area contributed by atoms with Gasteiger partial charge in [0.15, 0.2) is 5.96 Å². The Balaban J connectivity index is 0.00000529. The SMILES string of the molecule is CCNC(=NCCOc1ccc(C(F)(F)F)cn1)NC(C)CC.I. The van der Waals surface area contributed by atoms with Gasteiger partial charge >= 0.3 is 6.18 Å². The molecule has 0 fully saturated rings. The summed E-state index contributed by atoms with van der Waals surface area (Å²) in [5.74, 6) is 0.832. The molecule has 0 bridgehead atoms. The maximum Gasteiger partial charge on any atom is 0.417 e. The summed E-state index contributed by atoms with van der Waals surface area (Å²) in [5.41, 5.74) is -0.796. The highest BCUT2D eigenvalue weighted by atomic mass is 127. The smallest absolute Gasteiger partial charge is 0.417 e. The van der Waals surface area contributed by atoms with E-state index in [4.69, 9.17) is 4.74 Å². The van der Waals surface area contributed by atoms with Crippen molar-refractivity contribution in [2.45, 2.75) is 39.4 Å². The number of nitrogens with one attached hydrogen (secondary N) is 2. The number of ether oxygens (including phenoxy) is 1. The Bertz CT molecular complexity index is 494. The Morgan fingerprint density at radius 2 is 2.04 bits per heavy atom. The third-order valence-electron chi connectivity index (χ3n) is 3.01.